The van der Waals surface area contributed by atoms with Crippen LogP contribution in [-0.2, 0) is 7.05 Å². The molecule has 0 aliphatic rings. The second-order valence-electron chi connectivity index (χ2n) is 6.56. The molecule has 27 heavy (non-hydrogen) atoms. The van der Waals surface area contributed by atoms with E-state index in [0.29, 0.717) is 22.6 Å². The molecule has 1 unspecified atom stereocenters. The molecule has 1 aromatic heterocycles. The quantitative estimate of drug-likeness (QED) is 0.734. The first-order chi connectivity index (χ1) is 12.9. The van der Waals surface area contributed by atoms with E-state index in [2.05, 4.69) is 10.3 Å². The van der Waals surface area contributed by atoms with Crippen LogP contribution in [-0.4, -0.2) is 41.0 Å². The number of likely N-dealkylation sites (N-methyl/N-ethyl adjacent to an activating group) is 1. The highest BCUT2D eigenvalue weighted by molar-refractivity contribution is 6.30. The standard InChI is InChI=1S/C20H21ClN4O2/c1-24(2)17(13-7-6-8-14(21)11-13)12-22-19(26)18-20(27)25(3)16-10-5-4-9-15(16)23-18/h4-11,17H,12H2,1-3H3,(H,22,26). The van der Waals surface area contributed by atoms with Crippen LogP contribution in [0.25, 0.3) is 11.0 Å². The minimum absolute atomic E-state index is 0.0861. The van der Waals surface area contributed by atoms with E-state index in [-0.39, 0.29) is 11.7 Å². The number of carbonyl (C=O) groups excluding carboxylic acids is 1. The summed E-state index contributed by atoms with van der Waals surface area (Å²) in [6, 6.07) is 14.6. The van der Waals surface area contributed by atoms with Crippen LogP contribution in [0.15, 0.2) is 53.3 Å². The first-order valence-electron chi connectivity index (χ1n) is 8.54. The number of para-hydroxylation sites is 2. The Hall–Kier alpha value is -2.70. The fraction of sp³-hybridized carbons (Fsp3) is 0.250. The molecule has 7 heteroatoms. The van der Waals surface area contributed by atoms with E-state index in [9.17, 15) is 9.59 Å². The summed E-state index contributed by atoms with van der Waals surface area (Å²) in [7, 11) is 5.48. The van der Waals surface area contributed by atoms with Crippen molar-refractivity contribution in [2.75, 3.05) is 20.6 Å². The highest BCUT2D eigenvalue weighted by Crippen LogP contribution is 2.21. The maximum absolute atomic E-state index is 12.7. The molecule has 0 fully saturated rings. The number of fused-ring (bicyclic) bond motifs is 1. The average Bonchev–Trinajstić information content (AvgIpc) is 2.64. The molecule has 1 heterocycles. The van der Waals surface area contributed by atoms with E-state index in [4.69, 9.17) is 11.6 Å². The third-order valence-corrected chi connectivity index (χ3v) is 4.75. The summed E-state index contributed by atoms with van der Waals surface area (Å²) in [4.78, 5) is 31.4. The molecule has 3 rings (SSSR count). The van der Waals surface area contributed by atoms with Gasteiger partial charge in [0.2, 0.25) is 0 Å². The molecule has 6 nitrogen and oxygen atoms in total. The van der Waals surface area contributed by atoms with Crippen molar-refractivity contribution in [2.45, 2.75) is 6.04 Å². The molecule has 0 saturated heterocycles. The van der Waals surface area contributed by atoms with Gasteiger partial charge in [-0.05, 0) is 43.9 Å². The number of carbonyl (C=O) groups is 1. The zero-order valence-electron chi connectivity index (χ0n) is 15.4. The van der Waals surface area contributed by atoms with Gasteiger partial charge in [-0.3, -0.25) is 9.59 Å². The normalized spacial score (nSPS) is 12.3. The zero-order chi connectivity index (χ0) is 19.6. The van der Waals surface area contributed by atoms with Crippen LogP contribution in [0.4, 0.5) is 0 Å². The fourth-order valence-corrected chi connectivity index (χ4v) is 3.21. The molecule has 0 saturated carbocycles. The van der Waals surface area contributed by atoms with Gasteiger partial charge in [-0.1, -0.05) is 35.9 Å². The lowest BCUT2D eigenvalue weighted by Gasteiger charge is -2.25. The largest absolute Gasteiger partial charge is 0.349 e. The Kier molecular flexibility index (Phi) is 5.58. The Bertz CT molecular complexity index is 1050. The monoisotopic (exact) mass is 384 g/mol. The van der Waals surface area contributed by atoms with Crippen molar-refractivity contribution in [3.05, 3.63) is 75.2 Å². The molecule has 1 amide bonds. The van der Waals surface area contributed by atoms with Gasteiger partial charge in [0, 0.05) is 18.6 Å². The number of nitrogens with one attached hydrogen (secondary N) is 1. The van der Waals surface area contributed by atoms with Crippen LogP contribution in [0.1, 0.15) is 22.1 Å². The minimum Gasteiger partial charge on any atom is -0.349 e. The molecule has 140 valence electrons. The van der Waals surface area contributed by atoms with Gasteiger partial charge in [0.1, 0.15) is 0 Å². The molecule has 0 aliphatic carbocycles. The molecule has 1 atom stereocenters. The Morgan fingerprint density at radius 3 is 2.67 bits per heavy atom. The molecule has 3 aromatic rings. The van der Waals surface area contributed by atoms with Gasteiger partial charge in [0.15, 0.2) is 5.69 Å². The van der Waals surface area contributed by atoms with Crippen molar-refractivity contribution in [3.63, 3.8) is 0 Å². The Morgan fingerprint density at radius 1 is 1.22 bits per heavy atom. The van der Waals surface area contributed by atoms with Gasteiger partial charge in [-0.25, -0.2) is 4.98 Å². The maximum atomic E-state index is 12.7. The highest BCUT2D eigenvalue weighted by atomic mass is 35.5. The highest BCUT2D eigenvalue weighted by Gasteiger charge is 2.19. The van der Waals surface area contributed by atoms with Gasteiger partial charge in [-0.2, -0.15) is 0 Å². The second-order valence-corrected chi connectivity index (χ2v) is 6.99. The van der Waals surface area contributed by atoms with Gasteiger partial charge >= 0.3 is 0 Å². The number of nitrogens with zero attached hydrogens (tertiary/aromatic N) is 3. The molecule has 0 spiro atoms. The summed E-state index contributed by atoms with van der Waals surface area (Å²) >= 11 is 6.09. The molecule has 2 aromatic carbocycles. The first kappa shape index (κ1) is 19.1. The van der Waals surface area contributed by atoms with Crippen LogP contribution >= 0.6 is 11.6 Å². The molecular weight excluding hydrogens is 364 g/mol. The van der Waals surface area contributed by atoms with Crippen molar-refractivity contribution in [1.29, 1.82) is 0 Å². The van der Waals surface area contributed by atoms with E-state index in [1.807, 2.05) is 49.3 Å². The average molecular weight is 385 g/mol. The predicted molar refractivity (Wildman–Crippen MR) is 107 cm³/mol. The van der Waals surface area contributed by atoms with Crippen molar-refractivity contribution < 1.29 is 4.79 Å². The zero-order valence-corrected chi connectivity index (χ0v) is 16.2. The summed E-state index contributed by atoms with van der Waals surface area (Å²) in [5.74, 6) is -0.491. The molecule has 1 N–H and O–H groups in total. The number of amides is 1. The first-order valence-corrected chi connectivity index (χ1v) is 8.92. The fourth-order valence-electron chi connectivity index (χ4n) is 3.01. The number of hydrogen-bond donors (Lipinski definition) is 1. The van der Waals surface area contributed by atoms with Crippen molar-refractivity contribution in [1.82, 2.24) is 19.8 Å². The Balaban J connectivity index is 1.85. The van der Waals surface area contributed by atoms with Crippen LogP contribution in [0.2, 0.25) is 5.02 Å². The van der Waals surface area contributed by atoms with Crippen molar-refractivity contribution in [3.8, 4) is 0 Å². The Labute approximate surface area is 162 Å². The third-order valence-electron chi connectivity index (χ3n) is 4.51. The van der Waals surface area contributed by atoms with Crippen molar-refractivity contribution in [2.24, 2.45) is 7.05 Å². The van der Waals surface area contributed by atoms with Crippen LogP contribution in [0.3, 0.4) is 0 Å². The number of halogens is 1. The molecule has 0 radical (unpaired) electrons. The SMILES string of the molecule is CN(C)C(CNC(=O)c1nc2ccccc2n(C)c1=O)c1cccc(Cl)c1. The lowest BCUT2D eigenvalue weighted by Crippen LogP contribution is -2.38. The summed E-state index contributed by atoms with van der Waals surface area (Å²) in [5, 5.41) is 3.47. The lowest BCUT2D eigenvalue weighted by atomic mass is 10.1. The topological polar surface area (TPSA) is 67.2 Å². The minimum atomic E-state index is -0.491. The van der Waals surface area contributed by atoms with E-state index in [0.717, 1.165) is 5.56 Å². The number of aromatic nitrogens is 2. The van der Waals surface area contributed by atoms with E-state index >= 15 is 0 Å². The van der Waals surface area contributed by atoms with Crippen molar-refractivity contribution >= 4 is 28.5 Å². The smallest absolute Gasteiger partial charge is 0.282 e. The van der Waals surface area contributed by atoms with Gasteiger partial charge in [0.05, 0.1) is 17.1 Å². The number of rotatable bonds is 5. The summed E-state index contributed by atoms with van der Waals surface area (Å²) < 4.78 is 1.44. The molecule has 0 bridgehead atoms. The second kappa shape index (κ2) is 7.90. The van der Waals surface area contributed by atoms with Crippen LogP contribution in [0.5, 0.6) is 0 Å². The molecular formula is C20H21ClN4O2. The Morgan fingerprint density at radius 2 is 1.96 bits per heavy atom. The van der Waals surface area contributed by atoms with Gasteiger partial charge < -0.3 is 14.8 Å². The number of benzene rings is 2. The summed E-state index contributed by atoms with van der Waals surface area (Å²) in [6.45, 7) is 0.323. The third kappa shape index (κ3) is 4.02. The lowest BCUT2D eigenvalue weighted by molar-refractivity contribution is 0.0935. The maximum Gasteiger partial charge on any atom is 0.282 e. The summed E-state index contributed by atoms with van der Waals surface area (Å²) in [6.07, 6.45) is 0. The van der Waals surface area contributed by atoms with Gasteiger partial charge in [0.25, 0.3) is 11.5 Å². The van der Waals surface area contributed by atoms with E-state index in [1.165, 1.54) is 4.57 Å². The van der Waals surface area contributed by atoms with E-state index in [1.54, 1.807) is 25.2 Å². The van der Waals surface area contributed by atoms with Crippen LogP contribution < -0.4 is 10.9 Å². The number of hydrogen-bond acceptors (Lipinski definition) is 4. The van der Waals surface area contributed by atoms with Gasteiger partial charge in [-0.15, -0.1) is 0 Å². The predicted octanol–water partition coefficient (Wildman–Crippen LogP) is 2.62. The van der Waals surface area contributed by atoms with Crippen LogP contribution in [0, 0.1) is 0 Å². The van der Waals surface area contributed by atoms with E-state index < -0.39 is 11.5 Å². The molecule has 0 aliphatic heterocycles. The number of aryl methyl sites for hydroxylation is 1. The summed E-state index contributed by atoms with van der Waals surface area (Å²) in [5.41, 5.74) is 1.73.